The molecule has 1 aliphatic heterocycles. The molecule has 7 heteroatoms. The van der Waals surface area contributed by atoms with E-state index in [4.69, 9.17) is 10.7 Å². The predicted molar refractivity (Wildman–Crippen MR) is 122 cm³/mol. The molecule has 1 amide bonds. The minimum Gasteiger partial charge on any atom is -0.397 e. The molecule has 2 aromatic rings. The number of para-hydroxylation sites is 2. The van der Waals surface area contributed by atoms with Crippen molar-refractivity contribution in [2.75, 3.05) is 30.7 Å². The van der Waals surface area contributed by atoms with E-state index in [9.17, 15) is 9.90 Å². The van der Waals surface area contributed by atoms with E-state index < -0.39 is 0 Å². The normalized spacial score (nSPS) is 18.5. The summed E-state index contributed by atoms with van der Waals surface area (Å²) < 4.78 is 0. The number of thioether (sulfide) groups is 1. The van der Waals surface area contributed by atoms with Gasteiger partial charge in [-0.25, -0.2) is 0 Å². The van der Waals surface area contributed by atoms with Crippen molar-refractivity contribution in [3.8, 4) is 0 Å². The summed E-state index contributed by atoms with van der Waals surface area (Å²) in [7, 11) is 0. The Balaban J connectivity index is 1.61. The Labute approximate surface area is 176 Å². The maximum absolute atomic E-state index is 12.5. The molecule has 5 N–H and O–H groups in total. The predicted octanol–water partition coefficient (Wildman–Crippen LogP) is 2.94. The first kappa shape index (κ1) is 21.4. The Hall–Kier alpha value is -2.35. The molecular formula is C22H28N4O2S. The van der Waals surface area contributed by atoms with Crippen LogP contribution in [-0.2, 0) is 6.42 Å². The molecule has 2 atom stereocenters. The Morgan fingerprint density at radius 3 is 2.66 bits per heavy atom. The zero-order valence-electron chi connectivity index (χ0n) is 16.6. The summed E-state index contributed by atoms with van der Waals surface area (Å²) in [4.78, 5) is 17.3. The van der Waals surface area contributed by atoms with E-state index in [0.29, 0.717) is 28.6 Å². The minimum atomic E-state index is -0.184. The number of carbonyl (C=O) groups is 1. The van der Waals surface area contributed by atoms with Crippen molar-refractivity contribution in [2.24, 2.45) is 4.99 Å². The number of hydrogen-bond acceptors (Lipinski definition) is 6. The van der Waals surface area contributed by atoms with Crippen LogP contribution in [0.1, 0.15) is 29.3 Å². The van der Waals surface area contributed by atoms with Crippen LogP contribution in [0.5, 0.6) is 0 Å². The number of hydrogen-bond donors (Lipinski definition) is 4. The number of rotatable bonds is 9. The number of nitrogen functional groups attached to an aromatic ring is 1. The Morgan fingerprint density at radius 1 is 1.21 bits per heavy atom. The monoisotopic (exact) mass is 412 g/mol. The fourth-order valence-electron chi connectivity index (χ4n) is 3.24. The number of benzene rings is 2. The van der Waals surface area contributed by atoms with E-state index in [1.165, 1.54) is 0 Å². The number of amides is 1. The molecule has 0 fully saturated rings. The zero-order chi connectivity index (χ0) is 20.6. The molecule has 0 aliphatic carbocycles. The molecule has 2 unspecified atom stereocenters. The molecular weight excluding hydrogens is 384 g/mol. The third-order valence-corrected chi connectivity index (χ3v) is 6.13. The summed E-state index contributed by atoms with van der Waals surface area (Å²) in [5.41, 5.74) is 8.73. The lowest BCUT2D eigenvalue weighted by Gasteiger charge is -2.16. The van der Waals surface area contributed by atoms with Crippen LogP contribution < -0.4 is 16.4 Å². The number of aliphatic imine (C=N–C) groups is 1. The largest absolute Gasteiger partial charge is 0.397 e. The molecule has 0 saturated heterocycles. The number of nitrogens with one attached hydrogen (secondary N) is 2. The highest BCUT2D eigenvalue weighted by atomic mass is 32.2. The average molecular weight is 413 g/mol. The van der Waals surface area contributed by atoms with Crippen LogP contribution in [0.3, 0.4) is 0 Å². The fraction of sp³-hybridized carbons (Fsp3) is 0.364. The van der Waals surface area contributed by atoms with Gasteiger partial charge in [0, 0.05) is 30.4 Å². The first-order valence-electron chi connectivity index (χ1n) is 9.90. The van der Waals surface area contributed by atoms with E-state index in [1.807, 2.05) is 36.4 Å². The minimum absolute atomic E-state index is 0.153. The molecule has 2 aromatic carbocycles. The van der Waals surface area contributed by atoms with Crippen LogP contribution in [0, 0.1) is 0 Å². The molecule has 29 heavy (non-hydrogen) atoms. The van der Waals surface area contributed by atoms with Crippen LogP contribution in [0.15, 0.2) is 53.5 Å². The molecule has 0 spiro atoms. The van der Waals surface area contributed by atoms with Crippen LogP contribution in [0.2, 0.25) is 0 Å². The zero-order valence-corrected chi connectivity index (χ0v) is 17.4. The van der Waals surface area contributed by atoms with Crippen LogP contribution in [0.4, 0.5) is 11.4 Å². The lowest BCUT2D eigenvalue weighted by Crippen LogP contribution is -2.31. The smallest absolute Gasteiger partial charge is 0.255 e. The van der Waals surface area contributed by atoms with E-state index in [1.54, 1.807) is 23.9 Å². The third kappa shape index (κ3) is 5.82. The average Bonchev–Trinajstić information content (AvgIpc) is 3.10. The van der Waals surface area contributed by atoms with Crippen LogP contribution >= 0.6 is 11.8 Å². The van der Waals surface area contributed by atoms with Gasteiger partial charge in [0.05, 0.1) is 22.5 Å². The van der Waals surface area contributed by atoms with Crippen molar-refractivity contribution in [3.63, 3.8) is 0 Å². The summed E-state index contributed by atoms with van der Waals surface area (Å²) >= 11 is 1.79. The third-order valence-electron chi connectivity index (χ3n) is 4.83. The summed E-state index contributed by atoms with van der Waals surface area (Å²) in [6.45, 7) is 4.06. The summed E-state index contributed by atoms with van der Waals surface area (Å²) in [5, 5.41) is 17.0. The molecule has 154 valence electrons. The van der Waals surface area contributed by atoms with Gasteiger partial charge in [-0.2, -0.15) is 0 Å². The van der Waals surface area contributed by atoms with Gasteiger partial charge in [0.1, 0.15) is 0 Å². The van der Waals surface area contributed by atoms with Crippen molar-refractivity contribution >= 4 is 34.1 Å². The topological polar surface area (TPSA) is 99.7 Å². The van der Waals surface area contributed by atoms with Crippen molar-refractivity contribution < 1.29 is 9.90 Å². The number of anilines is 2. The van der Waals surface area contributed by atoms with Gasteiger partial charge in [0.15, 0.2) is 0 Å². The molecule has 0 bridgehead atoms. The van der Waals surface area contributed by atoms with Crippen LogP contribution in [0.25, 0.3) is 0 Å². The van der Waals surface area contributed by atoms with Gasteiger partial charge in [0.25, 0.3) is 5.91 Å². The van der Waals surface area contributed by atoms with Crippen molar-refractivity contribution in [2.45, 2.75) is 31.1 Å². The van der Waals surface area contributed by atoms with Gasteiger partial charge in [-0.1, -0.05) is 31.2 Å². The molecule has 0 radical (unpaired) electrons. The second-order valence-corrected chi connectivity index (χ2v) is 8.29. The summed E-state index contributed by atoms with van der Waals surface area (Å²) in [6.07, 6.45) is 1.43. The van der Waals surface area contributed by atoms with Gasteiger partial charge in [-0.05, 0) is 42.8 Å². The SMILES string of the molecule is CCNCC1SC(Cc2ccc(C(=O)Nc3ccccc3N)cc2)=NC1CCO. The molecule has 6 nitrogen and oxygen atoms in total. The number of nitrogens with zero attached hydrogens (tertiary/aromatic N) is 1. The lowest BCUT2D eigenvalue weighted by molar-refractivity contribution is 0.102. The first-order valence-corrected chi connectivity index (χ1v) is 10.8. The van der Waals surface area contributed by atoms with Crippen molar-refractivity contribution in [1.29, 1.82) is 0 Å². The summed E-state index contributed by atoms with van der Waals surface area (Å²) in [5.74, 6) is -0.184. The van der Waals surface area contributed by atoms with Crippen molar-refractivity contribution in [1.82, 2.24) is 5.32 Å². The van der Waals surface area contributed by atoms with E-state index in [0.717, 1.165) is 30.1 Å². The Morgan fingerprint density at radius 2 is 1.97 bits per heavy atom. The van der Waals surface area contributed by atoms with E-state index in [2.05, 4.69) is 17.6 Å². The number of aliphatic hydroxyl groups excluding tert-OH is 1. The Bertz CT molecular complexity index is 854. The molecule has 3 rings (SSSR count). The fourth-order valence-corrected chi connectivity index (χ4v) is 4.59. The van der Waals surface area contributed by atoms with Crippen LogP contribution in [-0.4, -0.2) is 47.0 Å². The van der Waals surface area contributed by atoms with E-state index in [-0.39, 0.29) is 18.6 Å². The van der Waals surface area contributed by atoms with Crippen molar-refractivity contribution in [3.05, 3.63) is 59.7 Å². The number of aliphatic hydroxyl groups is 1. The highest BCUT2D eigenvalue weighted by molar-refractivity contribution is 8.14. The quantitative estimate of drug-likeness (QED) is 0.475. The Kier molecular flexibility index (Phi) is 7.69. The number of nitrogens with two attached hydrogens (primary N) is 1. The lowest BCUT2D eigenvalue weighted by atomic mass is 10.1. The molecule has 1 heterocycles. The van der Waals surface area contributed by atoms with Gasteiger partial charge in [-0.15, -0.1) is 11.8 Å². The number of carbonyl (C=O) groups excluding carboxylic acids is 1. The van der Waals surface area contributed by atoms with Gasteiger partial charge in [0.2, 0.25) is 0 Å². The molecule has 1 aliphatic rings. The second kappa shape index (κ2) is 10.4. The highest BCUT2D eigenvalue weighted by Crippen LogP contribution is 2.30. The summed E-state index contributed by atoms with van der Waals surface area (Å²) in [6, 6.07) is 14.9. The standard InChI is InChI=1S/C22H28N4O2S/c1-2-24-14-20-19(11-12-27)25-21(29-20)13-15-7-9-16(10-8-15)22(28)26-18-6-4-3-5-17(18)23/h3-10,19-20,24,27H,2,11-14,23H2,1H3,(H,26,28). The molecule has 0 aromatic heterocycles. The first-order chi connectivity index (χ1) is 14.1. The van der Waals surface area contributed by atoms with Gasteiger partial charge < -0.3 is 21.5 Å². The van der Waals surface area contributed by atoms with E-state index >= 15 is 0 Å². The second-order valence-electron chi connectivity index (χ2n) is 6.98. The van der Waals surface area contributed by atoms with Gasteiger partial charge >= 0.3 is 0 Å². The maximum atomic E-state index is 12.5. The highest BCUT2D eigenvalue weighted by Gasteiger charge is 2.29. The van der Waals surface area contributed by atoms with Gasteiger partial charge in [-0.3, -0.25) is 9.79 Å². The maximum Gasteiger partial charge on any atom is 0.255 e. The molecule has 0 saturated carbocycles.